The molecular weight excluding hydrogens is 352 g/mol. The zero-order valence-electron chi connectivity index (χ0n) is 16.4. The highest BCUT2D eigenvalue weighted by Crippen LogP contribution is 2.37. The average Bonchev–Trinajstić information content (AvgIpc) is 2.60. The molecule has 1 aromatic carbocycles. The fourth-order valence-electron chi connectivity index (χ4n) is 3.13. The molecule has 146 valence electrons. The monoisotopic (exact) mass is 382 g/mol. The number of hydrogen-bond donors (Lipinski definition) is 0. The molecule has 1 aliphatic heterocycles. The van der Waals surface area contributed by atoms with Gasteiger partial charge in [0.15, 0.2) is 11.5 Å². The van der Waals surface area contributed by atoms with Crippen LogP contribution < -0.4 is 9.47 Å². The molecule has 0 atom stereocenters. The minimum atomic E-state index is -0.000841. The van der Waals surface area contributed by atoms with Gasteiger partial charge in [-0.2, -0.15) is 0 Å². The Balaban J connectivity index is 2.11. The van der Waals surface area contributed by atoms with Crippen LogP contribution in [0.1, 0.15) is 44.5 Å². The molecule has 1 aliphatic rings. The number of rotatable bonds is 8. The first-order valence-electron chi connectivity index (χ1n) is 9.57. The fourth-order valence-corrected chi connectivity index (χ4v) is 3.40. The van der Waals surface area contributed by atoms with E-state index in [1.54, 1.807) is 12.1 Å². The van der Waals surface area contributed by atoms with Gasteiger partial charge in [0.25, 0.3) is 5.91 Å². The van der Waals surface area contributed by atoms with Gasteiger partial charge in [-0.25, -0.2) is 0 Å². The quantitative estimate of drug-likeness (QED) is 0.682. The number of carbonyl (C=O) groups excluding carboxylic acids is 1. The van der Waals surface area contributed by atoms with E-state index in [9.17, 15) is 4.79 Å². The first kappa shape index (κ1) is 20.8. The van der Waals surface area contributed by atoms with Crippen molar-refractivity contribution < 1.29 is 14.3 Å². The van der Waals surface area contributed by atoms with Crippen molar-refractivity contribution in [2.75, 3.05) is 45.9 Å². The summed E-state index contributed by atoms with van der Waals surface area (Å²) in [5.41, 5.74) is 0.555. The van der Waals surface area contributed by atoms with E-state index in [0.29, 0.717) is 41.2 Å². The second-order valence-corrected chi connectivity index (χ2v) is 7.46. The van der Waals surface area contributed by atoms with Gasteiger partial charge in [0.1, 0.15) is 0 Å². The summed E-state index contributed by atoms with van der Waals surface area (Å²) in [4.78, 5) is 17.2. The molecule has 1 aromatic rings. The van der Waals surface area contributed by atoms with Crippen LogP contribution in [0.5, 0.6) is 11.5 Å². The van der Waals surface area contributed by atoms with Crippen LogP contribution in [0.25, 0.3) is 0 Å². The molecule has 2 rings (SSSR count). The van der Waals surface area contributed by atoms with Crippen LogP contribution in [0, 0.1) is 5.92 Å². The summed E-state index contributed by atoms with van der Waals surface area (Å²) < 4.78 is 11.4. The molecule has 0 N–H and O–H groups in total. The van der Waals surface area contributed by atoms with Crippen LogP contribution >= 0.6 is 11.6 Å². The third kappa shape index (κ3) is 5.52. The van der Waals surface area contributed by atoms with Gasteiger partial charge in [-0.3, -0.25) is 9.69 Å². The van der Waals surface area contributed by atoms with Gasteiger partial charge < -0.3 is 14.4 Å². The summed E-state index contributed by atoms with van der Waals surface area (Å²) in [6.45, 7) is 13.8. The Labute approximate surface area is 162 Å². The minimum absolute atomic E-state index is 0.000841. The maximum Gasteiger partial charge on any atom is 0.254 e. The second-order valence-electron chi connectivity index (χ2n) is 7.05. The highest BCUT2D eigenvalue weighted by atomic mass is 35.5. The molecule has 0 bridgehead atoms. The van der Waals surface area contributed by atoms with Gasteiger partial charge >= 0.3 is 0 Å². The van der Waals surface area contributed by atoms with Gasteiger partial charge in [-0.1, -0.05) is 32.4 Å². The van der Waals surface area contributed by atoms with Crippen LogP contribution in [-0.2, 0) is 0 Å². The molecule has 0 unspecified atom stereocenters. The molecule has 0 radical (unpaired) electrons. The molecule has 1 amide bonds. The highest BCUT2D eigenvalue weighted by molar-refractivity contribution is 6.32. The standard InChI is InChI=1S/C20H31ClN2O3/c1-5-11-26-19-17(21)12-16(13-18(19)25-6-2)20(24)23-9-7-22(8-10-23)14-15(3)4/h12-13,15H,5-11,14H2,1-4H3. The van der Waals surface area contributed by atoms with E-state index in [-0.39, 0.29) is 5.91 Å². The topological polar surface area (TPSA) is 42.0 Å². The molecule has 0 saturated carbocycles. The zero-order chi connectivity index (χ0) is 19.1. The molecule has 26 heavy (non-hydrogen) atoms. The van der Waals surface area contributed by atoms with Crippen molar-refractivity contribution in [1.82, 2.24) is 9.80 Å². The number of amides is 1. The second kappa shape index (κ2) is 10.0. The van der Waals surface area contributed by atoms with Crippen LogP contribution in [-0.4, -0.2) is 61.6 Å². The molecule has 1 fully saturated rings. The smallest absolute Gasteiger partial charge is 0.254 e. The lowest BCUT2D eigenvalue weighted by atomic mass is 10.1. The van der Waals surface area contributed by atoms with Crippen molar-refractivity contribution in [3.05, 3.63) is 22.7 Å². The Morgan fingerprint density at radius 1 is 1.15 bits per heavy atom. The lowest BCUT2D eigenvalue weighted by Crippen LogP contribution is -2.49. The van der Waals surface area contributed by atoms with Crippen molar-refractivity contribution in [3.8, 4) is 11.5 Å². The Bertz CT molecular complexity index is 599. The van der Waals surface area contributed by atoms with Crippen LogP contribution in [0.3, 0.4) is 0 Å². The highest BCUT2D eigenvalue weighted by Gasteiger charge is 2.24. The molecule has 0 aliphatic carbocycles. The summed E-state index contributed by atoms with van der Waals surface area (Å²) in [6, 6.07) is 3.45. The van der Waals surface area contributed by atoms with Gasteiger partial charge in [-0.05, 0) is 31.4 Å². The van der Waals surface area contributed by atoms with E-state index in [1.807, 2.05) is 18.7 Å². The van der Waals surface area contributed by atoms with Crippen LogP contribution in [0.2, 0.25) is 5.02 Å². The molecule has 5 nitrogen and oxygen atoms in total. The van der Waals surface area contributed by atoms with Crippen molar-refractivity contribution >= 4 is 17.5 Å². The van der Waals surface area contributed by atoms with E-state index in [0.717, 1.165) is 39.1 Å². The van der Waals surface area contributed by atoms with Crippen molar-refractivity contribution in [1.29, 1.82) is 0 Å². The number of benzene rings is 1. The van der Waals surface area contributed by atoms with Gasteiger partial charge in [0, 0.05) is 38.3 Å². The SMILES string of the molecule is CCCOc1c(Cl)cc(C(=O)N2CCN(CC(C)C)CC2)cc1OCC. The third-order valence-corrected chi connectivity index (χ3v) is 4.57. The molecule has 6 heteroatoms. The van der Waals surface area contributed by atoms with E-state index in [2.05, 4.69) is 18.7 Å². The Kier molecular flexibility index (Phi) is 8.04. The number of piperazine rings is 1. The largest absolute Gasteiger partial charge is 0.490 e. The first-order chi connectivity index (χ1) is 12.5. The molecule has 0 spiro atoms. The van der Waals surface area contributed by atoms with Crippen LogP contribution in [0.4, 0.5) is 0 Å². The normalized spacial score (nSPS) is 15.4. The first-order valence-corrected chi connectivity index (χ1v) is 9.94. The maximum absolute atomic E-state index is 12.9. The Morgan fingerprint density at radius 2 is 1.85 bits per heavy atom. The lowest BCUT2D eigenvalue weighted by molar-refractivity contribution is 0.0623. The van der Waals surface area contributed by atoms with E-state index >= 15 is 0 Å². The molecule has 1 saturated heterocycles. The molecule has 1 heterocycles. The number of hydrogen-bond acceptors (Lipinski definition) is 4. The summed E-state index contributed by atoms with van der Waals surface area (Å²) in [7, 11) is 0. The predicted octanol–water partition coefficient (Wildman–Crippen LogP) is 3.94. The van der Waals surface area contributed by atoms with E-state index in [4.69, 9.17) is 21.1 Å². The summed E-state index contributed by atoms with van der Waals surface area (Å²) >= 11 is 6.39. The minimum Gasteiger partial charge on any atom is -0.490 e. The number of carbonyl (C=O) groups is 1. The summed E-state index contributed by atoms with van der Waals surface area (Å²) in [5, 5.41) is 0.422. The number of nitrogens with zero attached hydrogens (tertiary/aromatic N) is 2. The van der Waals surface area contributed by atoms with E-state index in [1.165, 1.54) is 0 Å². The maximum atomic E-state index is 12.9. The number of ether oxygens (including phenoxy) is 2. The fraction of sp³-hybridized carbons (Fsp3) is 0.650. The summed E-state index contributed by atoms with van der Waals surface area (Å²) in [5.74, 6) is 1.70. The number of halogens is 1. The van der Waals surface area contributed by atoms with Gasteiger partial charge in [0.05, 0.1) is 18.2 Å². The molecule has 0 aromatic heterocycles. The Hall–Kier alpha value is -1.46. The van der Waals surface area contributed by atoms with Gasteiger partial charge in [0.2, 0.25) is 0 Å². The lowest BCUT2D eigenvalue weighted by Gasteiger charge is -2.35. The Morgan fingerprint density at radius 3 is 2.42 bits per heavy atom. The zero-order valence-corrected chi connectivity index (χ0v) is 17.1. The van der Waals surface area contributed by atoms with Gasteiger partial charge in [-0.15, -0.1) is 0 Å². The third-order valence-electron chi connectivity index (χ3n) is 4.29. The van der Waals surface area contributed by atoms with Crippen molar-refractivity contribution in [2.45, 2.75) is 34.1 Å². The molecular formula is C20H31ClN2O3. The summed E-state index contributed by atoms with van der Waals surface area (Å²) in [6.07, 6.45) is 0.878. The predicted molar refractivity (Wildman–Crippen MR) is 106 cm³/mol. The van der Waals surface area contributed by atoms with Crippen molar-refractivity contribution in [3.63, 3.8) is 0 Å². The van der Waals surface area contributed by atoms with Crippen LogP contribution in [0.15, 0.2) is 12.1 Å². The van der Waals surface area contributed by atoms with Crippen molar-refractivity contribution in [2.24, 2.45) is 5.92 Å². The average molecular weight is 383 g/mol. The van der Waals surface area contributed by atoms with E-state index < -0.39 is 0 Å².